The zero-order valence-electron chi connectivity index (χ0n) is 7.71. The maximum Gasteiger partial charge on any atom is 0.114 e. The first kappa shape index (κ1) is 9.49. The van der Waals surface area contributed by atoms with Crippen molar-refractivity contribution < 1.29 is 10.1 Å². The Bertz CT molecular complexity index is 206. The van der Waals surface area contributed by atoms with E-state index in [4.69, 9.17) is 5.26 Å². The lowest BCUT2D eigenvalue weighted by Gasteiger charge is -2.26. The Balaban J connectivity index is 2.64. The molecule has 0 saturated heterocycles. The molecule has 2 nitrogen and oxygen atoms in total. The van der Waals surface area contributed by atoms with E-state index in [1.807, 2.05) is 13.8 Å². The topological polar surface area (TPSA) is 29.5 Å². The molecule has 12 heavy (non-hydrogen) atoms. The van der Waals surface area contributed by atoms with Gasteiger partial charge in [-0.1, -0.05) is 18.2 Å². The van der Waals surface area contributed by atoms with Crippen molar-refractivity contribution >= 4 is 0 Å². The van der Waals surface area contributed by atoms with Gasteiger partial charge in [-0.3, -0.25) is 5.26 Å². The van der Waals surface area contributed by atoms with Gasteiger partial charge in [-0.05, 0) is 38.2 Å². The zero-order valence-corrected chi connectivity index (χ0v) is 7.71. The van der Waals surface area contributed by atoms with Gasteiger partial charge in [0.15, 0.2) is 0 Å². The minimum absolute atomic E-state index is 0.125. The quantitative estimate of drug-likeness (QED) is 0.390. The second kappa shape index (κ2) is 3.87. The van der Waals surface area contributed by atoms with Crippen LogP contribution in [0.15, 0.2) is 23.8 Å². The molecule has 1 rings (SSSR count). The van der Waals surface area contributed by atoms with Gasteiger partial charge in [0, 0.05) is 0 Å². The van der Waals surface area contributed by atoms with Crippen LogP contribution in [-0.4, -0.2) is 11.4 Å². The van der Waals surface area contributed by atoms with Gasteiger partial charge in [-0.25, -0.2) is 4.89 Å². The second-order valence-corrected chi connectivity index (χ2v) is 3.56. The van der Waals surface area contributed by atoms with Crippen LogP contribution in [0.5, 0.6) is 0 Å². The monoisotopic (exact) mass is 168 g/mol. The van der Waals surface area contributed by atoms with Gasteiger partial charge in [-0.15, -0.1) is 0 Å². The van der Waals surface area contributed by atoms with Crippen molar-refractivity contribution in [2.75, 3.05) is 0 Å². The average molecular weight is 168 g/mol. The zero-order chi connectivity index (χ0) is 9.14. The van der Waals surface area contributed by atoms with Crippen molar-refractivity contribution in [2.45, 2.75) is 32.8 Å². The number of hydrogen-bond donors (Lipinski definition) is 1. The molecule has 2 atom stereocenters. The first-order chi connectivity index (χ1) is 5.65. The summed E-state index contributed by atoms with van der Waals surface area (Å²) >= 11 is 0. The lowest BCUT2D eigenvalue weighted by molar-refractivity contribution is -0.272. The molecule has 1 aliphatic rings. The standard InChI is InChI=1S/C10H16O2/c1-7(2)9-5-4-8(3)10(6-9)12-11/h4,9-11H,1,5-6H2,2-3H3/t9-,10?/m0/s1. The largest absolute Gasteiger partial charge is 0.251 e. The third kappa shape index (κ3) is 1.96. The van der Waals surface area contributed by atoms with Crippen LogP contribution >= 0.6 is 0 Å². The molecule has 1 unspecified atom stereocenters. The molecule has 0 bridgehead atoms. The van der Waals surface area contributed by atoms with E-state index in [1.165, 1.54) is 5.57 Å². The molecule has 0 spiro atoms. The fraction of sp³-hybridized carbons (Fsp3) is 0.600. The summed E-state index contributed by atoms with van der Waals surface area (Å²) < 4.78 is 0. The maximum absolute atomic E-state index is 8.59. The first-order valence-electron chi connectivity index (χ1n) is 4.27. The van der Waals surface area contributed by atoms with Crippen molar-refractivity contribution in [2.24, 2.45) is 5.92 Å². The van der Waals surface area contributed by atoms with E-state index in [0.29, 0.717) is 5.92 Å². The third-order valence-electron chi connectivity index (χ3n) is 2.55. The molecule has 0 aromatic heterocycles. The summed E-state index contributed by atoms with van der Waals surface area (Å²) in [7, 11) is 0. The van der Waals surface area contributed by atoms with Crippen LogP contribution in [0.4, 0.5) is 0 Å². The van der Waals surface area contributed by atoms with Crippen LogP contribution in [0, 0.1) is 5.92 Å². The molecular formula is C10H16O2. The highest BCUT2D eigenvalue weighted by atomic mass is 17.1. The second-order valence-electron chi connectivity index (χ2n) is 3.56. The molecule has 2 heteroatoms. The van der Waals surface area contributed by atoms with E-state index in [2.05, 4.69) is 17.5 Å². The number of rotatable bonds is 2. The molecule has 1 aliphatic carbocycles. The Morgan fingerprint density at radius 3 is 2.92 bits per heavy atom. The smallest absolute Gasteiger partial charge is 0.114 e. The predicted octanol–water partition coefficient (Wildman–Crippen LogP) is 2.78. The van der Waals surface area contributed by atoms with Crippen LogP contribution in [0.1, 0.15) is 26.7 Å². The molecule has 0 saturated carbocycles. The number of hydrogen-bond acceptors (Lipinski definition) is 2. The van der Waals surface area contributed by atoms with Crippen LogP contribution in [-0.2, 0) is 4.89 Å². The van der Waals surface area contributed by atoms with Gasteiger partial charge in [0.05, 0.1) is 0 Å². The average Bonchev–Trinajstić information content (AvgIpc) is 2.05. The van der Waals surface area contributed by atoms with Crippen LogP contribution in [0.3, 0.4) is 0 Å². The molecule has 0 heterocycles. The highest BCUT2D eigenvalue weighted by Gasteiger charge is 2.22. The summed E-state index contributed by atoms with van der Waals surface area (Å²) in [6, 6.07) is 0. The lowest BCUT2D eigenvalue weighted by Crippen LogP contribution is -2.22. The normalized spacial score (nSPS) is 29.8. The fourth-order valence-corrected chi connectivity index (χ4v) is 1.53. The molecule has 0 aromatic rings. The molecule has 0 aromatic carbocycles. The molecule has 1 N–H and O–H groups in total. The highest BCUT2D eigenvalue weighted by Crippen LogP contribution is 2.29. The van der Waals surface area contributed by atoms with Gasteiger partial charge in [-0.2, -0.15) is 0 Å². The molecule has 0 aliphatic heterocycles. The summed E-state index contributed by atoms with van der Waals surface area (Å²) in [4.78, 5) is 4.37. The van der Waals surface area contributed by atoms with Crippen LogP contribution in [0.2, 0.25) is 0 Å². The van der Waals surface area contributed by atoms with Crippen molar-refractivity contribution in [3.63, 3.8) is 0 Å². The Hall–Kier alpha value is -0.600. The maximum atomic E-state index is 8.59. The fourth-order valence-electron chi connectivity index (χ4n) is 1.53. The van der Waals surface area contributed by atoms with Gasteiger partial charge in [0.1, 0.15) is 6.10 Å². The molecular weight excluding hydrogens is 152 g/mol. The van der Waals surface area contributed by atoms with E-state index in [0.717, 1.165) is 18.4 Å². The lowest BCUT2D eigenvalue weighted by atomic mass is 9.84. The third-order valence-corrected chi connectivity index (χ3v) is 2.55. The summed E-state index contributed by atoms with van der Waals surface area (Å²) in [5, 5.41) is 8.59. The summed E-state index contributed by atoms with van der Waals surface area (Å²) in [6.45, 7) is 7.91. The molecule has 68 valence electrons. The van der Waals surface area contributed by atoms with E-state index >= 15 is 0 Å². The SMILES string of the molecule is C=C(C)[C@H]1CC=C(C)C(OO)C1. The van der Waals surface area contributed by atoms with Crippen molar-refractivity contribution in [1.82, 2.24) is 0 Å². The first-order valence-corrected chi connectivity index (χ1v) is 4.27. The number of allylic oxidation sites excluding steroid dienone is 2. The Kier molecular flexibility index (Phi) is 3.06. The van der Waals surface area contributed by atoms with Crippen molar-refractivity contribution in [1.29, 1.82) is 0 Å². The predicted molar refractivity (Wildman–Crippen MR) is 48.8 cm³/mol. The van der Waals surface area contributed by atoms with Crippen LogP contribution in [0.25, 0.3) is 0 Å². The molecule has 0 radical (unpaired) electrons. The Labute approximate surface area is 73.5 Å². The van der Waals surface area contributed by atoms with Gasteiger partial charge in [0.2, 0.25) is 0 Å². The van der Waals surface area contributed by atoms with Gasteiger partial charge in [0.25, 0.3) is 0 Å². The van der Waals surface area contributed by atoms with Gasteiger partial charge < -0.3 is 0 Å². The molecule has 0 amide bonds. The minimum atomic E-state index is -0.125. The van der Waals surface area contributed by atoms with E-state index in [1.54, 1.807) is 0 Å². The van der Waals surface area contributed by atoms with E-state index in [-0.39, 0.29) is 6.10 Å². The van der Waals surface area contributed by atoms with Crippen molar-refractivity contribution in [3.8, 4) is 0 Å². The summed E-state index contributed by atoms with van der Waals surface area (Å²) in [6.07, 6.45) is 3.87. The van der Waals surface area contributed by atoms with Crippen LogP contribution < -0.4 is 0 Å². The van der Waals surface area contributed by atoms with E-state index in [9.17, 15) is 0 Å². The van der Waals surface area contributed by atoms with Gasteiger partial charge >= 0.3 is 0 Å². The highest BCUT2D eigenvalue weighted by molar-refractivity contribution is 5.14. The Morgan fingerprint density at radius 1 is 1.75 bits per heavy atom. The summed E-state index contributed by atoms with van der Waals surface area (Å²) in [5.41, 5.74) is 2.29. The summed E-state index contributed by atoms with van der Waals surface area (Å²) in [5.74, 6) is 0.464. The minimum Gasteiger partial charge on any atom is -0.251 e. The Morgan fingerprint density at radius 2 is 2.42 bits per heavy atom. The molecule has 0 fully saturated rings. The van der Waals surface area contributed by atoms with E-state index < -0.39 is 0 Å². The van der Waals surface area contributed by atoms with Crippen molar-refractivity contribution in [3.05, 3.63) is 23.8 Å².